The Morgan fingerprint density at radius 3 is 2.56 bits per heavy atom. The van der Waals surface area contributed by atoms with Crippen molar-refractivity contribution < 1.29 is 4.79 Å². The molecule has 0 aliphatic rings. The number of allylic oxidation sites excluding steroid dienone is 1. The van der Waals surface area contributed by atoms with E-state index in [0.29, 0.717) is 0 Å². The van der Waals surface area contributed by atoms with E-state index in [9.17, 15) is 4.79 Å². The second-order valence-electron chi connectivity index (χ2n) is 1.41. The Morgan fingerprint density at radius 2 is 2.44 bits per heavy atom. The van der Waals surface area contributed by atoms with Crippen LogP contribution in [0.2, 0.25) is 0 Å². The maximum absolute atomic E-state index is 10.5. The lowest BCUT2D eigenvalue weighted by molar-refractivity contribution is -0.113. The predicted octanol–water partition coefficient (Wildman–Crippen LogP) is -0.419. The molecule has 4 heteroatoms. The topological polar surface area (TPSA) is 67.5 Å². The first-order chi connectivity index (χ1) is 4.22. The summed E-state index contributed by atoms with van der Waals surface area (Å²) in [4.78, 5) is 13.9. The van der Waals surface area contributed by atoms with Crippen molar-refractivity contribution in [2.45, 2.75) is 6.92 Å². The normalized spacial score (nSPS) is 10.7. The Hall–Kier alpha value is -1.16. The summed E-state index contributed by atoms with van der Waals surface area (Å²) in [6.45, 7) is 4.55. The molecular weight excluding hydrogens is 118 g/mol. The van der Waals surface area contributed by atoms with Gasteiger partial charge in [-0.1, -0.05) is 0 Å². The number of hydrogen-bond acceptors (Lipinski definition) is 4. The lowest BCUT2D eigenvalue weighted by Crippen LogP contribution is -2.15. The van der Waals surface area contributed by atoms with E-state index in [1.165, 1.54) is 13.1 Å². The fraction of sp³-hybridized carbons (Fsp3) is 0.200. The molecule has 0 bridgehead atoms. The molecule has 0 spiro atoms. The van der Waals surface area contributed by atoms with E-state index in [2.05, 4.69) is 17.1 Å². The Labute approximate surface area is 53.4 Å². The van der Waals surface area contributed by atoms with Crippen LogP contribution in [0.15, 0.2) is 16.9 Å². The highest BCUT2D eigenvalue weighted by Crippen LogP contribution is 1.92. The first-order valence-corrected chi connectivity index (χ1v) is 2.36. The van der Waals surface area contributed by atoms with Gasteiger partial charge in [-0.15, -0.1) is 0 Å². The van der Waals surface area contributed by atoms with Gasteiger partial charge in [-0.2, -0.15) is 0 Å². The smallest absolute Gasteiger partial charge is 0.179 e. The maximum Gasteiger partial charge on any atom is 0.179 e. The molecule has 0 aromatic carbocycles. The van der Waals surface area contributed by atoms with Gasteiger partial charge in [0.1, 0.15) is 5.70 Å². The van der Waals surface area contributed by atoms with Gasteiger partial charge in [0, 0.05) is 13.1 Å². The average molecular weight is 127 g/mol. The summed E-state index contributed by atoms with van der Waals surface area (Å²) in [5.74, 6) is 4.71. The number of ketones is 1. The summed E-state index contributed by atoms with van der Waals surface area (Å²) in [6.07, 6.45) is 1.29. The molecule has 0 aromatic heterocycles. The van der Waals surface area contributed by atoms with Crippen LogP contribution in [0.4, 0.5) is 0 Å². The molecule has 3 N–H and O–H groups in total. The summed E-state index contributed by atoms with van der Waals surface area (Å²) in [5, 5.41) is 0. The molecule has 0 rings (SSSR count). The van der Waals surface area contributed by atoms with Gasteiger partial charge >= 0.3 is 0 Å². The van der Waals surface area contributed by atoms with Gasteiger partial charge in [-0.05, 0) is 6.72 Å². The van der Waals surface area contributed by atoms with Crippen molar-refractivity contribution in [2.75, 3.05) is 0 Å². The van der Waals surface area contributed by atoms with Crippen molar-refractivity contribution in [2.24, 2.45) is 10.8 Å². The first kappa shape index (κ1) is 7.84. The van der Waals surface area contributed by atoms with Crippen LogP contribution in [-0.2, 0) is 4.79 Å². The molecular formula is C5H9N3O. The Kier molecular flexibility index (Phi) is 3.31. The highest BCUT2D eigenvalue weighted by atomic mass is 16.1. The second-order valence-corrected chi connectivity index (χ2v) is 1.41. The molecule has 9 heavy (non-hydrogen) atoms. The van der Waals surface area contributed by atoms with E-state index in [0.717, 1.165) is 0 Å². The van der Waals surface area contributed by atoms with Crippen molar-refractivity contribution in [3.05, 3.63) is 11.9 Å². The molecule has 0 saturated carbocycles. The molecule has 0 amide bonds. The van der Waals surface area contributed by atoms with E-state index in [-0.39, 0.29) is 11.5 Å². The van der Waals surface area contributed by atoms with Gasteiger partial charge in [-0.25, -0.2) is 0 Å². The van der Waals surface area contributed by atoms with Crippen LogP contribution < -0.4 is 11.3 Å². The monoisotopic (exact) mass is 127 g/mol. The SMILES string of the molecule is C=N/C(=C\NN)C(C)=O. The summed E-state index contributed by atoms with van der Waals surface area (Å²) in [7, 11) is 0. The van der Waals surface area contributed by atoms with Crippen molar-refractivity contribution in [3.8, 4) is 0 Å². The molecule has 0 fully saturated rings. The predicted molar refractivity (Wildman–Crippen MR) is 35.6 cm³/mol. The van der Waals surface area contributed by atoms with Crippen LogP contribution >= 0.6 is 0 Å². The first-order valence-electron chi connectivity index (χ1n) is 2.36. The number of hydrazine groups is 1. The largest absolute Gasteiger partial charge is 0.329 e. The molecule has 0 saturated heterocycles. The number of rotatable bonds is 3. The lowest BCUT2D eigenvalue weighted by atomic mass is 10.3. The lowest BCUT2D eigenvalue weighted by Gasteiger charge is -1.91. The number of Topliss-reactive ketones (excluding diaryl/α,β-unsaturated/α-hetero) is 1. The molecule has 4 nitrogen and oxygen atoms in total. The van der Waals surface area contributed by atoms with E-state index >= 15 is 0 Å². The minimum atomic E-state index is -0.164. The molecule has 0 heterocycles. The molecule has 0 atom stereocenters. The quantitative estimate of drug-likeness (QED) is 0.234. The van der Waals surface area contributed by atoms with Crippen LogP contribution in [0.5, 0.6) is 0 Å². The summed E-state index contributed by atoms with van der Waals surface area (Å²) < 4.78 is 0. The molecule has 50 valence electrons. The van der Waals surface area contributed by atoms with Crippen molar-refractivity contribution >= 4 is 12.5 Å². The number of nitrogens with one attached hydrogen (secondary N) is 1. The van der Waals surface area contributed by atoms with E-state index in [1.54, 1.807) is 0 Å². The van der Waals surface area contributed by atoms with Crippen LogP contribution in [0.1, 0.15) is 6.92 Å². The number of hydrogen-bond donors (Lipinski definition) is 2. The summed E-state index contributed by atoms with van der Waals surface area (Å²) in [6, 6.07) is 0. The van der Waals surface area contributed by atoms with Gasteiger partial charge in [0.15, 0.2) is 5.78 Å². The zero-order valence-electron chi connectivity index (χ0n) is 5.22. The fourth-order valence-corrected chi connectivity index (χ4v) is 0.338. The van der Waals surface area contributed by atoms with Gasteiger partial charge in [0.2, 0.25) is 0 Å². The minimum Gasteiger partial charge on any atom is -0.329 e. The van der Waals surface area contributed by atoms with Gasteiger partial charge in [0.05, 0.1) is 0 Å². The van der Waals surface area contributed by atoms with Crippen molar-refractivity contribution in [1.29, 1.82) is 0 Å². The fourth-order valence-electron chi connectivity index (χ4n) is 0.338. The minimum absolute atomic E-state index is 0.164. The average Bonchev–Trinajstić information content (AvgIpc) is 1.82. The number of nitrogens with zero attached hydrogens (tertiary/aromatic N) is 1. The number of aliphatic imine (C=N–C) groups is 1. The summed E-state index contributed by atoms with van der Waals surface area (Å²) >= 11 is 0. The second kappa shape index (κ2) is 3.80. The molecule has 0 unspecified atom stereocenters. The number of carbonyl (C=O) groups excluding carboxylic acids is 1. The molecule has 0 aromatic rings. The van der Waals surface area contributed by atoms with Crippen molar-refractivity contribution in [3.63, 3.8) is 0 Å². The van der Waals surface area contributed by atoms with Crippen molar-refractivity contribution in [1.82, 2.24) is 5.43 Å². The highest BCUT2D eigenvalue weighted by molar-refractivity contribution is 5.93. The Morgan fingerprint density at radius 1 is 1.89 bits per heavy atom. The van der Waals surface area contributed by atoms with E-state index < -0.39 is 0 Å². The maximum atomic E-state index is 10.5. The molecule has 0 aliphatic carbocycles. The third-order valence-electron chi connectivity index (χ3n) is 0.751. The highest BCUT2D eigenvalue weighted by Gasteiger charge is 1.96. The molecule has 0 radical (unpaired) electrons. The van der Waals surface area contributed by atoms with Gasteiger partial charge in [0.25, 0.3) is 0 Å². The van der Waals surface area contributed by atoms with Crippen LogP contribution in [0.25, 0.3) is 0 Å². The van der Waals surface area contributed by atoms with E-state index in [4.69, 9.17) is 5.84 Å². The van der Waals surface area contributed by atoms with Crippen LogP contribution in [-0.4, -0.2) is 12.5 Å². The van der Waals surface area contributed by atoms with Crippen LogP contribution in [0, 0.1) is 0 Å². The van der Waals surface area contributed by atoms with Gasteiger partial charge < -0.3 is 5.43 Å². The third-order valence-corrected chi connectivity index (χ3v) is 0.751. The van der Waals surface area contributed by atoms with E-state index in [1.807, 2.05) is 0 Å². The Bertz CT molecular complexity index is 150. The van der Waals surface area contributed by atoms with Crippen LogP contribution in [0.3, 0.4) is 0 Å². The third kappa shape index (κ3) is 2.61. The zero-order valence-corrected chi connectivity index (χ0v) is 5.22. The summed E-state index contributed by atoms with van der Waals surface area (Å²) in [5.41, 5.74) is 2.42. The molecule has 0 aliphatic heterocycles. The number of nitrogens with two attached hydrogens (primary N) is 1. The number of carbonyl (C=O) groups is 1. The zero-order chi connectivity index (χ0) is 7.28. The van der Waals surface area contributed by atoms with Gasteiger partial charge in [-0.3, -0.25) is 15.6 Å². The Balaban J connectivity index is 4.14. The standard InChI is InChI=1S/C5H9N3O/c1-4(9)5(7-2)3-8-6/h3,8H,2,6H2,1H3/b5-3-.